The summed E-state index contributed by atoms with van der Waals surface area (Å²) in [7, 11) is 0. The van der Waals surface area contributed by atoms with Crippen LogP contribution < -0.4 is 10.6 Å². The fourth-order valence-corrected chi connectivity index (χ4v) is 2.16. The van der Waals surface area contributed by atoms with Gasteiger partial charge in [-0.1, -0.05) is 12.2 Å². The number of carbonyl (C=O) groups excluding carboxylic acids is 2. The molecule has 6 nitrogen and oxygen atoms in total. The molecule has 1 aromatic carbocycles. The van der Waals surface area contributed by atoms with Crippen molar-refractivity contribution in [1.29, 1.82) is 0 Å². The summed E-state index contributed by atoms with van der Waals surface area (Å²) in [4.78, 5) is 32.2. The Balaban J connectivity index is 1.80. The second-order valence-electron chi connectivity index (χ2n) is 5.90. The molecule has 0 bridgehead atoms. The summed E-state index contributed by atoms with van der Waals surface area (Å²) in [5.74, 6) is -1.32. The summed E-state index contributed by atoms with van der Waals surface area (Å²) in [6.07, 6.45) is 1.97. The first-order valence-electron chi connectivity index (χ1n) is 8.18. The van der Waals surface area contributed by atoms with Crippen molar-refractivity contribution in [3.63, 3.8) is 0 Å². The standard InChI is InChI=1S/C19H21FN4O2/c1-12(8-10-22-19(26)17-21-11-9-13(2)23-17)14(3)18(25)24-16-6-4-15(20)5-7-16/h4-7,9,11,14H,1,8,10H2,2-3H3,(H,22,26)(H,24,25)/t14-/m0/s1. The highest BCUT2D eigenvalue weighted by molar-refractivity contribution is 5.94. The minimum Gasteiger partial charge on any atom is -0.349 e. The molecule has 0 aliphatic heterocycles. The fourth-order valence-electron chi connectivity index (χ4n) is 2.16. The lowest BCUT2D eigenvalue weighted by molar-refractivity contribution is -0.118. The summed E-state index contributed by atoms with van der Waals surface area (Å²) in [6.45, 7) is 7.74. The van der Waals surface area contributed by atoms with Crippen LogP contribution in [0.1, 0.15) is 29.7 Å². The number of carbonyl (C=O) groups is 2. The zero-order valence-corrected chi connectivity index (χ0v) is 14.8. The van der Waals surface area contributed by atoms with Crippen LogP contribution in [0.3, 0.4) is 0 Å². The van der Waals surface area contributed by atoms with E-state index in [1.165, 1.54) is 30.5 Å². The number of hydrogen-bond acceptors (Lipinski definition) is 4. The highest BCUT2D eigenvalue weighted by Gasteiger charge is 2.17. The zero-order chi connectivity index (χ0) is 19.1. The average Bonchev–Trinajstić information content (AvgIpc) is 2.62. The maximum atomic E-state index is 12.9. The van der Waals surface area contributed by atoms with Crippen LogP contribution in [0.25, 0.3) is 0 Å². The first-order chi connectivity index (χ1) is 12.4. The Hall–Kier alpha value is -3.09. The van der Waals surface area contributed by atoms with Crippen molar-refractivity contribution in [3.8, 4) is 0 Å². The molecule has 0 fully saturated rings. The summed E-state index contributed by atoms with van der Waals surface area (Å²) >= 11 is 0. The largest absolute Gasteiger partial charge is 0.349 e. The minimum atomic E-state index is -0.452. The first kappa shape index (κ1) is 19.2. The number of aromatic nitrogens is 2. The monoisotopic (exact) mass is 356 g/mol. The van der Waals surface area contributed by atoms with E-state index in [0.29, 0.717) is 29.9 Å². The molecule has 0 aliphatic carbocycles. The van der Waals surface area contributed by atoms with E-state index in [9.17, 15) is 14.0 Å². The molecule has 1 atom stereocenters. The third-order valence-corrected chi connectivity index (χ3v) is 3.85. The second kappa shape index (κ2) is 8.84. The minimum absolute atomic E-state index is 0.109. The zero-order valence-electron chi connectivity index (χ0n) is 14.8. The number of anilines is 1. The molecule has 1 aromatic heterocycles. The topological polar surface area (TPSA) is 84.0 Å². The lowest BCUT2D eigenvalue weighted by Crippen LogP contribution is -2.28. The van der Waals surface area contributed by atoms with Crippen LogP contribution in [0.2, 0.25) is 0 Å². The molecule has 0 saturated carbocycles. The Morgan fingerprint density at radius 1 is 1.23 bits per heavy atom. The van der Waals surface area contributed by atoms with Gasteiger partial charge in [0.05, 0.1) is 5.92 Å². The summed E-state index contributed by atoms with van der Waals surface area (Å²) in [5.41, 5.74) is 1.90. The van der Waals surface area contributed by atoms with Crippen molar-refractivity contribution in [1.82, 2.24) is 15.3 Å². The Labute approximate surface area is 151 Å². The van der Waals surface area contributed by atoms with E-state index in [-0.39, 0.29) is 23.5 Å². The van der Waals surface area contributed by atoms with Crippen molar-refractivity contribution in [3.05, 3.63) is 66.0 Å². The van der Waals surface area contributed by atoms with Crippen molar-refractivity contribution in [2.45, 2.75) is 20.3 Å². The highest BCUT2D eigenvalue weighted by atomic mass is 19.1. The predicted molar refractivity (Wildman–Crippen MR) is 97.1 cm³/mol. The van der Waals surface area contributed by atoms with Gasteiger partial charge in [-0.3, -0.25) is 9.59 Å². The van der Waals surface area contributed by atoms with E-state index in [4.69, 9.17) is 0 Å². The lowest BCUT2D eigenvalue weighted by Gasteiger charge is -2.15. The molecule has 0 radical (unpaired) electrons. The smallest absolute Gasteiger partial charge is 0.289 e. The molecule has 2 N–H and O–H groups in total. The number of nitrogens with zero attached hydrogens (tertiary/aromatic N) is 2. The highest BCUT2D eigenvalue weighted by Crippen LogP contribution is 2.16. The van der Waals surface area contributed by atoms with Crippen LogP contribution >= 0.6 is 0 Å². The van der Waals surface area contributed by atoms with Crippen LogP contribution in [0, 0.1) is 18.7 Å². The van der Waals surface area contributed by atoms with E-state index in [0.717, 1.165) is 0 Å². The molecule has 0 unspecified atom stereocenters. The molecule has 0 spiro atoms. The molecule has 2 amide bonds. The third-order valence-electron chi connectivity index (χ3n) is 3.85. The molecule has 136 valence electrons. The van der Waals surface area contributed by atoms with Crippen molar-refractivity contribution < 1.29 is 14.0 Å². The van der Waals surface area contributed by atoms with Gasteiger partial charge < -0.3 is 10.6 Å². The van der Waals surface area contributed by atoms with E-state index < -0.39 is 5.92 Å². The summed E-state index contributed by atoms with van der Waals surface area (Å²) < 4.78 is 12.9. The normalized spacial score (nSPS) is 11.5. The fraction of sp³-hybridized carbons (Fsp3) is 0.263. The van der Waals surface area contributed by atoms with Gasteiger partial charge in [-0.25, -0.2) is 14.4 Å². The Bertz CT molecular complexity index is 805. The van der Waals surface area contributed by atoms with Gasteiger partial charge in [-0.15, -0.1) is 0 Å². The number of aryl methyl sites for hydroxylation is 1. The quantitative estimate of drug-likeness (QED) is 0.747. The average molecular weight is 356 g/mol. The van der Waals surface area contributed by atoms with Crippen LogP contribution in [0.4, 0.5) is 10.1 Å². The molecular formula is C19H21FN4O2. The van der Waals surface area contributed by atoms with Gasteiger partial charge in [0.2, 0.25) is 11.7 Å². The molecule has 1 heterocycles. The van der Waals surface area contributed by atoms with Gasteiger partial charge in [0.15, 0.2) is 0 Å². The lowest BCUT2D eigenvalue weighted by atomic mass is 9.99. The van der Waals surface area contributed by atoms with Gasteiger partial charge in [-0.2, -0.15) is 0 Å². The predicted octanol–water partition coefficient (Wildman–Crippen LogP) is 2.88. The van der Waals surface area contributed by atoms with Crippen molar-refractivity contribution in [2.75, 3.05) is 11.9 Å². The van der Waals surface area contributed by atoms with Gasteiger partial charge in [0, 0.05) is 24.1 Å². The van der Waals surface area contributed by atoms with Gasteiger partial charge in [0.1, 0.15) is 5.82 Å². The van der Waals surface area contributed by atoms with Gasteiger partial charge in [0.25, 0.3) is 5.91 Å². The van der Waals surface area contributed by atoms with E-state index in [2.05, 4.69) is 27.2 Å². The van der Waals surface area contributed by atoms with Gasteiger partial charge >= 0.3 is 0 Å². The Morgan fingerprint density at radius 2 is 1.92 bits per heavy atom. The molecule has 2 rings (SSSR count). The van der Waals surface area contributed by atoms with Gasteiger partial charge in [-0.05, 0) is 50.6 Å². The number of hydrogen-bond donors (Lipinski definition) is 2. The van der Waals surface area contributed by atoms with Crippen LogP contribution in [-0.2, 0) is 4.79 Å². The van der Waals surface area contributed by atoms with E-state index >= 15 is 0 Å². The van der Waals surface area contributed by atoms with Crippen LogP contribution in [-0.4, -0.2) is 28.3 Å². The first-order valence-corrected chi connectivity index (χ1v) is 8.18. The molecular weight excluding hydrogens is 335 g/mol. The molecule has 7 heteroatoms. The van der Waals surface area contributed by atoms with E-state index in [1.54, 1.807) is 19.9 Å². The maximum Gasteiger partial charge on any atom is 0.289 e. The summed E-state index contributed by atoms with van der Waals surface area (Å²) in [5, 5.41) is 5.42. The second-order valence-corrected chi connectivity index (χ2v) is 5.90. The maximum absolute atomic E-state index is 12.9. The van der Waals surface area contributed by atoms with Crippen LogP contribution in [0.5, 0.6) is 0 Å². The molecule has 0 aliphatic rings. The third kappa shape index (κ3) is 5.47. The number of amides is 2. The summed E-state index contributed by atoms with van der Waals surface area (Å²) in [6, 6.07) is 7.24. The number of nitrogens with one attached hydrogen (secondary N) is 2. The Kier molecular flexibility index (Phi) is 6.54. The number of rotatable bonds is 7. The van der Waals surface area contributed by atoms with Crippen molar-refractivity contribution in [2.24, 2.45) is 5.92 Å². The molecule has 2 aromatic rings. The number of halogens is 1. The van der Waals surface area contributed by atoms with E-state index in [1.807, 2.05) is 0 Å². The Morgan fingerprint density at radius 3 is 2.58 bits per heavy atom. The van der Waals surface area contributed by atoms with Crippen molar-refractivity contribution >= 4 is 17.5 Å². The SMILES string of the molecule is C=C(CCNC(=O)c1nccc(C)n1)[C@H](C)C(=O)Nc1ccc(F)cc1. The number of benzene rings is 1. The molecule has 26 heavy (non-hydrogen) atoms. The van der Waals surface area contributed by atoms with Crippen LogP contribution in [0.15, 0.2) is 48.7 Å². The molecule has 0 saturated heterocycles.